The summed E-state index contributed by atoms with van der Waals surface area (Å²) in [4.78, 5) is 14.3. The molecule has 2 saturated heterocycles. The number of nitrogens with zero attached hydrogens (tertiary/aromatic N) is 1. The largest absolute Gasteiger partial charge is 0.487 e. The molecule has 2 N–H and O–H groups in total. The van der Waals surface area contributed by atoms with Crippen molar-refractivity contribution in [2.45, 2.75) is 70.2 Å². The molecule has 0 unspecified atom stereocenters. The quantitative estimate of drug-likeness (QED) is 0.836. The van der Waals surface area contributed by atoms with Crippen molar-refractivity contribution < 1.29 is 18.7 Å². The van der Waals surface area contributed by atoms with Gasteiger partial charge in [0.25, 0.3) is 0 Å². The number of hydrogen-bond donors (Lipinski definition) is 1. The minimum absolute atomic E-state index is 0.0976. The molecular formula is C18H25FN2O3. The number of benzene rings is 1. The molecule has 5 nitrogen and oxygen atoms in total. The molecule has 0 aliphatic carbocycles. The molecule has 2 heterocycles. The predicted octanol–water partition coefficient (Wildman–Crippen LogP) is 3.72. The zero-order chi connectivity index (χ0) is 17.5. The van der Waals surface area contributed by atoms with Gasteiger partial charge in [0, 0.05) is 36.7 Å². The summed E-state index contributed by atoms with van der Waals surface area (Å²) in [6.07, 6.45) is 2.91. The van der Waals surface area contributed by atoms with E-state index in [0.29, 0.717) is 18.5 Å². The van der Waals surface area contributed by atoms with Crippen molar-refractivity contribution in [3.8, 4) is 5.75 Å². The van der Waals surface area contributed by atoms with Crippen LogP contribution in [0.15, 0.2) is 18.2 Å². The molecule has 132 valence electrons. The van der Waals surface area contributed by atoms with Gasteiger partial charge in [0.15, 0.2) is 11.6 Å². The van der Waals surface area contributed by atoms with Crippen LogP contribution in [0.2, 0.25) is 0 Å². The second-order valence-corrected chi connectivity index (χ2v) is 7.67. The van der Waals surface area contributed by atoms with Crippen LogP contribution < -0.4 is 10.5 Å². The molecule has 1 amide bonds. The van der Waals surface area contributed by atoms with Crippen LogP contribution in [0.4, 0.5) is 14.9 Å². The van der Waals surface area contributed by atoms with Crippen molar-refractivity contribution in [1.82, 2.24) is 4.90 Å². The SMILES string of the molecule is CC(C)(C)OC(=O)N1[C@@H]2CC[C@H]1C[C@@H](Oc1ccc(N)cc1F)C2. The van der Waals surface area contributed by atoms with E-state index in [0.717, 1.165) is 12.8 Å². The van der Waals surface area contributed by atoms with Gasteiger partial charge < -0.3 is 20.1 Å². The van der Waals surface area contributed by atoms with Gasteiger partial charge in [-0.05, 0) is 45.7 Å². The molecule has 0 saturated carbocycles. The molecule has 1 aromatic carbocycles. The van der Waals surface area contributed by atoms with Gasteiger partial charge in [-0.25, -0.2) is 9.18 Å². The van der Waals surface area contributed by atoms with Crippen LogP contribution in [0.3, 0.4) is 0 Å². The maximum Gasteiger partial charge on any atom is 0.410 e. The Bertz CT molecular complexity index is 615. The Morgan fingerprint density at radius 2 is 1.88 bits per heavy atom. The number of nitrogens with two attached hydrogens (primary N) is 1. The fourth-order valence-corrected chi connectivity index (χ4v) is 3.63. The first kappa shape index (κ1) is 16.9. The van der Waals surface area contributed by atoms with E-state index in [1.807, 2.05) is 25.7 Å². The van der Waals surface area contributed by atoms with Crippen molar-refractivity contribution >= 4 is 11.8 Å². The molecule has 6 heteroatoms. The van der Waals surface area contributed by atoms with Crippen LogP contribution >= 0.6 is 0 Å². The van der Waals surface area contributed by atoms with Gasteiger partial charge in [0.1, 0.15) is 11.7 Å². The molecule has 2 bridgehead atoms. The summed E-state index contributed by atoms with van der Waals surface area (Å²) >= 11 is 0. The van der Waals surface area contributed by atoms with Crippen LogP contribution in [-0.2, 0) is 4.74 Å². The van der Waals surface area contributed by atoms with E-state index < -0.39 is 11.4 Å². The number of ether oxygens (including phenoxy) is 2. The first-order valence-electron chi connectivity index (χ1n) is 8.46. The van der Waals surface area contributed by atoms with Crippen molar-refractivity contribution in [2.24, 2.45) is 0 Å². The second kappa shape index (κ2) is 6.15. The first-order valence-corrected chi connectivity index (χ1v) is 8.46. The summed E-state index contributed by atoms with van der Waals surface area (Å²) in [5.41, 5.74) is 5.43. The Hall–Kier alpha value is -1.98. The van der Waals surface area contributed by atoms with Gasteiger partial charge in [-0.2, -0.15) is 0 Å². The monoisotopic (exact) mass is 336 g/mol. The van der Waals surface area contributed by atoms with E-state index in [4.69, 9.17) is 15.2 Å². The topological polar surface area (TPSA) is 64.8 Å². The first-order chi connectivity index (χ1) is 11.2. The lowest BCUT2D eigenvalue weighted by Gasteiger charge is -2.39. The van der Waals surface area contributed by atoms with E-state index in [1.165, 1.54) is 6.07 Å². The Balaban J connectivity index is 1.66. The number of nitrogen functional groups attached to an aromatic ring is 1. The average Bonchev–Trinajstić information content (AvgIpc) is 2.72. The fraction of sp³-hybridized carbons (Fsp3) is 0.611. The van der Waals surface area contributed by atoms with Crippen molar-refractivity contribution in [2.75, 3.05) is 5.73 Å². The summed E-state index contributed by atoms with van der Waals surface area (Å²) < 4.78 is 25.3. The Labute approximate surface area is 141 Å². The van der Waals surface area contributed by atoms with Crippen LogP contribution in [0, 0.1) is 5.82 Å². The van der Waals surface area contributed by atoms with Gasteiger partial charge in [0.05, 0.1) is 0 Å². The lowest BCUT2D eigenvalue weighted by atomic mass is 10.00. The number of amides is 1. The minimum atomic E-state index is -0.503. The standard InChI is InChI=1S/C18H25FN2O3/c1-18(2,3)24-17(22)21-12-5-6-13(21)10-14(9-12)23-16-7-4-11(20)8-15(16)19/h4,7-8,12-14H,5-6,9-10,20H2,1-3H3/t12-,13+,14+. The highest BCUT2D eigenvalue weighted by molar-refractivity contribution is 5.69. The normalized spacial score (nSPS) is 26.3. The average molecular weight is 336 g/mol. The third-order valence-electron chi connectivity index (χ3n) is 4.54. The third-order valence-corrected chi connectivity index (χ3v) is 4.54. The number of piperidine rings is 1. The van der Waals surface area contributed by atoms with Gasteiger partial charge in [0.2, 0.25) is 0 Å². The predicted molar refractivity (Wildman–Crippen MR) is 89.3 cm³/mol. The van der Waals surface area contributed by atoms with E-state index in [2.05, 4.69) is 0 Å². The second-order valence-electron chi connectivity index (χ2n) is 7.67. The Morgan fingerprint density at radius 3 is 2.42 bits per heavy atom. The zero-order valence-electron chi connectivity index (χ0n) is 14.4. The molecule has 2 fully saturated rings. The van der Waals surface area contributed by atoms with Crippen LogP contribution in [0.5, 0.6) is 5.75 Å². The van der Waals surface area contributed by atoms with E-state index in [-0.39, 0.29) is 30.0 Å². The zero-order valence-corrected chi connectivity index (χ0v) is 14.4. The number of halogens is 1. The smallest absolute Gasteiger partial charge is 0.410 e. The van der Waals surface area contributed by atoms with E-state index >= 15 is 0 Å². The summed E-state index contributed by atoms with van der Waals surface area (Å²) in [6, 6.07) is 4.65. The lowest BCUT2D eigenvalue weighted by molar-refractivity contribution is -0.00753. The van der Waals surface area contributed by atoms with Crippen molar-refractivity contribution in [3.63, 3.8) is 0 Å². The number of hydrogen-bond acceptors (Lipinski definition) is 4. The van der Waals surface area contributed by atoms with Crippen molar-refractivity contribution in [3.05, 3.63) is 24.0 Å². The highest BCUT2D eigenvalue weighted by Crippen LogP contribution is 2.38. The molecule has 3 rings (SSSR count). The summed E-state index contributed by atoms with van der Waals surface area (Å²) in [5.74, 6) is -0.226. The van der Waals surface area contributed by atoms with Gasteiger partial charge in [-0.1, -0.05) is 0 Å². The number of fused-ring (bicyclic) bond motifs is 2. The maximum absolute atomic E-state index is 13.9. The lowest BCUT2D eigenvalue weighted by Crippen LogP contribution is -2.50. The number of carbonyl (C=O) groups excluding carboxylic acids is 1. The summed E-state index contributed by atoms with van der Waals surface area (Å²) in [7, 11) is 0. The molecule has 1 aromatic rings. The number of rotatable bonds is 2. The minimum Gasteiger partial charge on any atom is -0.487 e. The number of carbonyl (C=O) groups is 1. The van der Waals surface area contributed by atoms with Crippen LogP contribution in [0.25, 0.3) is 0 Å². The molecule has 0 spiro atoms. The molecule has 0 radical (unpaired) electrons. The molecule has 3 atom stereocenters. The molecule has 2 aliphatic heterocycles. The van der Waals surface area contributed by atoms with Crippen LogP contribution in [0.1, 0.15) is 46.5 Å². The Morgan fingerprint density at radius 1 is 1.25 bits per heavy atom. The Kier molecular flexibility index (Phi) is 4.32. The molecule has 24 heavy (non-hydrogen) atoms. The van der Waals surface area contributed by atoms with Gasteiger partial charge in [-0.3, -0.25) is 0 Å². The van der Waals surface area contributed by atoms with Gasteiger partial charge >= 0.3 is 6.09 Å². The number of anilines is 1. The van der Waals surface area contributed by atoms with Crippen LogP contribution in [-0.4, -0.2) is 34.8 Å². The molecule has 0 aromatic heterocycles. The highest BCUT2D eigenvalue weighted by atomic mass is 19.1. The van der Waals surface area contributed by atoms with E-state index in [9.17, 15) is 9.18 Å². The highest BCUT2D eigenvalue weighted by Gasteiger charge is 2.45. The maximum atomic E-state index is 13.9. The fourth-order valence-electron chi connectivity index (χ4n) is 3.63. The summed E-state index contributed by atoms with van der Waals surface area (Å²) in [5, 5.41) is 0. The molecule has 2 aliphatic rings. The van der Waals surface area contributed by atoms with Crippen molar-refractivity contribution in [1.29, 1.82) is 0 Å². The third kappa shape index (κ3) is 3.57. The van der Waals surface area contributed by atoms with Gasteiger partial charge in [-0.15, -0.1) is 0 Å². The van der Waals surface area contributed by atoms with E-state index in [1.54, 1.807) is 12.1 Å². The molecular weight excluding hydrogens is 311 g/mol. The summed E-state index contributed by atoms with van der Waals surface area (Å²) in [6.45, 7) is 5.60.